The number of carbonyl (C=O) groups excluding carboxylic acids is 1. The second-order valence-corrected chi connectivity index (χ2v) is 4.22. The number of hydrogen-bond acceptors (Lipinski definition) is 4. The number of nitrogens with zero attached hydrogens (tertiary/aromatic N) is 2. The third kappa shape index (κ3) is 4.03. The molecule has 1 rings (SSSR count). The van der Waals surface area contributed by atoms with Crippen LogP contribution < -0.4 is 15.4 Å². The van der Waals surface area contributed by atoms with Gasteiger partial charge in [-0.1, -0.05) is 0 Å². The number of ether oxygens (including phenoxy) is 1. The van der Waals surface area contributed by atoms with Crippen LogP contribution in [0.3, 0.4) is 0 Å². The van der Waals surface area contributed by atoms with Gasteiger partial charge in [0.2, 0.25) is 0 Å². The largest absolute Gasteiger partial charge is 0.480 e. The Morgan fingerprint density at radius 2 is 2.11 bits per heavy atom. The Morgan fingerprint density at radius 3 is 2.67 bits per heavy atom. The lowest BCUT2D eigenvalue weighted by molar-refractivity contribution is -0.123. The van der Waals surface area contributed by atoms with Gasteiger partial charge in [-0.15, -0.1) is 0 Å². The van der Waals surface area contributed by atoms with Crippen LogP contribution in [0.2, 0.25) is 0 Å². The van der Waals surface area contributed by atoms with Crippen molar-refractivity contribution in [2.45, 2.75) is 20.3 Å². The van der Waals surface area contributed by atoms with Gasteiger partial charge in [0.05, 0.1) is 5.69 Å². The summed E-state index contributed by atoms with van der Waals surface area (Å²) in [5, 5.41) is 10.1. The van der Waals surface area contributed by atoms with Crippen molar-refractivity contribution in [3.05, 3.63) is 11.4 Å². The SMILES string of the molecule is CNCCCNC(=O)COc1c(C)nn(C)c1C. The molecule has 0 unspecified atom stereocenters. The molecule has 0 atom stereocenters. The number of hydrogen-bond donors (Lipinski definition) is 2. The second kappa shape index (κ2) is 7.00. The van der Waals surface area contributed by atoms with Crippen LogP contribution in [0.1, 0.15) is 17.8 Å². The molecule has 0 aliphatic rings. The van der Waals surface area contributed by atoms with E-state index in [2.05, 4.69) is 15.7 Å². The van der Waals surface area contributed by atoms with Crippen molar-refractivity contribution >= 4 is 5.91 Å². The van der Waals surface area contributed by atoms with Gasteiger partial charge < -0.3 is 15.4 Å². The van der Waals surface area contributed by atoms with Crippen LogP contribution in [0.4, 0.5) is 0 Å². The van der Waals surface area contributed by atoms with Crippen LogP contribution in [-0.4, -0.2) is 42.4 Å². The summed E-state index contributed by atoms with van der Waals surface area (Å²) in [7, 11) is 3.74. The van der Waals surface area contributed by atoms with Crippen molar-refractivity contribution in [3.8, 4) is 5.75 Å². The topological polar surface area (TPSA) is 68.2 Å². The molecule has 0 spiro atoms. The van der Waals surface area contributed by atoms with Crippen molar-refractivity contribution in [2.24, 2.45) is 7.05 Å². The smallest absolute Gasteiger partial charge is 0.257 e. The summed E-state index contributed by atoms with van der Waals surface area (Å²) >= 11 is 0. The van der Waals surface area contributed by atoms with E-state index in [9.17, 15) is 4.79 Å². The summed E-state index contributed by atoms with van der Waals surface area (Å²) in [6.07, 6.45) is 0.910. The zero-order valence-corrected chi connectivity index (χ0v) is 11.5. The van der Waals surface area contributed by atoms with Gasteiger partial charge in [0.25, 0.3) is 5.91 Å². The van der Waals surface area contributed by atoms with Crippen molar-refractivity contribution in [1.82, 2.24) is 20.4 Å². The molecular formula is C12H22N4O2. The highest BCUT2D eigenvalue weighted by Crippen LogP contribution is 2.20. The number of amides is 1. The first-order valence-corrected chi connectivity index (χ1v) is 6.10. The summed E-state index contributed by atoms with van der Waals surface area (Å²) in [6.45, 7) is 5.37. The van der Waals surface area contributed by atoms with Crippen LogP contribution in [0.25, 0.3) is 0 Å². The maximum absolute atomic E-state index is 11.5. The molecule has 0 fully saturated rings. The number of carbonyl (C=O) groups is 1. The minimum Gasteiger partial charge on any atom is -0.480 e. The number of nitrogens with one attached hydrogen (secondary N) is 2. The molecule has 1 amide bonds. The molecule has 1 aromatic rings. The molecule has 18 heavy (non-hydrogen) atoms. The van der Waals surface area contributed by atoms with Crippen LogP contribution >= 0.6 is 0 Å². The van der Waals surface area contributed by atoms with E-state index < -0.39 is 0 Å². The molecule has 0 aromatic carbocycles. The molecule has 1 heterocycles. The van der Waals surface area contributed by atoms with Gasteiger partial charge in [-0.05, 0) is 33.9 Å². The Kier molecular flexibility index (Phi) is 5.64. The molecule has 0 bridgehead atoms. The lowest BCUT2D eigenvalue weighted by Crippen LogP contribution is -2.31. The zero-order valence-electron chi connectivity index (χ0n) is 11.5. The lowest BCUT2D eigenvalue weighted by atomic mass is 10.3. The van der Waals surface area contributed by atoms with E-state index in [0.29, 0.717) is 12.3 Å². The molecule has 0 aliphatic heterocycles. The van der Waals surface area contributed by atoms with Crippen LogP contribution in [-0.2, 0) is 11.8 Å². The second-order valence-electron chi connectivity index (χ2n) is 4.22. The van der Waals surface area contributed by atoms with E-state index in [1.165, 1.54) is 0 Å². The summed E-state index contributed by atoms with van der Waals surface area (Å²) in [4.78, 5) is 11.5. The van der Waals surface area contributed by atoms with Crippen LogP contribution in [0.5, 0.6) is 5.75 Å². The molecular weight excluding hydrogens is 232 g/mol. The standard InChI is InChI=1S/C12H22N4O2/c1-9-12(10(2)16(4)15-9)18-8-11(17)14-7-5-6-13-3/h13H,5-8H2,1-4H3,(H,14,17). The molecule has 1 aromatic heterocycles. The lowest BCUT2D eigenvalue weighted by Gasteiger charge is -2.07. The normalized spacial score (nSPS) is 10.4. The highest BCUT2D eigenvalue weighted by atomic mass is 16.5. The molecule has 102 valence electrons. The first-order chi connectivity index (χ1) is 8.56. The first kappa shape index (κ1) is 14.5. The van der Waals surface area contributed by atoms with Gasteiger partial charge in [-0.3, -0.25) is 9.48 Å². The van der Waals surface area contributed by atoms with Crippen LogP contribution in [0.15, 0.2) is 0 Å². The predicted molar refractivity (Wildman–Crippen MR) is 69.7 cm³/mol. The average molecular weight is 254 g/mol. The Balaban J connectivity index is 2.34. The van der Waals surface area contributed by atoms with E-state index in [-0.39, 0.29) is 12.5 Å². The number of aromatic nitrogens is 2. The fraction of sp³-hybridized carbons (Fsp3) is 0.667. The zero-order chi connectivity index (χ0) is 13.5. The quantitative estimate of drug-likeness (QED) is 0.679. The first-order valence-electron chi connectivity index (χ1n) is 6.10. The predicted octanol–water partition coefficient (Wildman–Crippen LogP) is 0.141. The van der Waals surface area contributed by atoms with Gasteiger partial charge in [0.1, 0.15) is 5.69 Å². The average Bonchev–Trinajstić information content (AvgIpc) is 2.57. The highest BCUT2D eigenvalue weighted by Gasteiger charge is 2.12. The van der Waals surface area contributed by atoms with Crippen molar-refractivity contribution in [2.75, 3.05) is 26.7 Å². The molecule has 0 aliphatic carbocycles. The monoisotopic (exact) mass is 254 g/mol. The van der Waals surface area contributed by atoms with E-state index in [1.54, 1.807) is 4.68 Å². The molecule has 6 heteroatoms. The van der Waals surface area contributed by atoms with Gasteiger partial charge >= 0.3 is 0 Å². The summed E-state index contributed by atoms with van der Waals surface area (Å²) in [6, 6.07) is 0. The highest BCUT2D eigenvalue weighted by molar-refractivity contribution is 5.77. The third-order valence-corrected chi connectivity index (χ3v) is 2.72. The van der Waals surface area contributed by atoms with Gasteiger partial charge in [0.15, 0.2) is 12.4 Å². The Bertz CT molecular complexity index is 401. The maximum Gasteiger partial charge on any atom is 0.257 e. The summed E-state index contributed by atoms with van der Waals surface area (Å²) < 4.78 is 7.24. The Morgan fingerprint density at radius 1 is 1.39 bits per heavy atom. The molecule has 0 saturated heterocycles. The van der Waals surface area contributed by atoms with Crippen LogP contribution in [0, 0.1) is 13.8 Å². The molecule has 0 saturated carbocycles. The van der Waals surface area contributed by atoms with E-state index in [4.69, 9.17) is 4.74 Å². The minimum absolute atomic E-state index is 0.0346. The maximum atomic E-state index is 11.5. The Hall–Kier alpha value is -1.56. The Labute approximate surface area is 108 Å². The number of aryl methyl sites for hydroxylation is 2. The third-order valence-electron chi connectivity index (χ3n) is 2.72. The van der Waals surface area contributed by atoms with Gasteiger partial charge in [-0.2, -0.15) is 5.10 Å². The summed E-state index contributed by atoms with van der Waals surface area (Å²) in [5.74, 6) is 0.594. The fourth-order valence-corrected chi connectivity index (χ4v) is 1.64. The number of rotatable bonds is 7. The molecule has 6 nitrogen and oxygen atoms in total. The van der Waals surface area contributed by atoms with E-state index >= 15 is 0 Å². The fourth-order valence-electron chi connectivity index (χ4n) is 1.64. The van der Waals surface area contributed by atoms with Gasteiger partial charge in [-0.25, -0.2) is 0 Å². The van der Waals surface area contributed by atoms with E-state index in [0.717, 1.165) is 24.4 Å². The van der Waals surface area contributed by atoms with Gasteiger partial charge in [0, 0.05) is 13.6 Å². The van der Waals surface area contributed by atoms with Crippen molar-refractivity contribution in [1.29, 1.82) is 0 Å². The van der Waals surface area contributed by atoms with Crippen molar-refractivity contribution in [3.63, 3.8) is 0 Å². The summed E-state index contributed by atoms with van der Waals surface area (Å²) in [5.41, 5.74) is 1.73. The van der Waals surface area contributed by atoms with E-state index in [1.807, 2.05) is 27.9 Å². The molecule has 2 N–H and O–H groups in total. The minimum atomic E-state index is -0.103. The molecule has 0 radical (unpaired) electrons. The van der Waals surface area contributed by atoms with Crippen molar-refractivity contribution < 1.29 is 9.53 Å².